The summed E-state index contributed by atoms with van der Waals surface area (Å²) < 4.78 is 50.7. The van der Waals surface area contributed by atoms with Crippen LogP contribution in [0.25, 0.3) is 11.1 Å². The van der Waals surface area contributed by atoms with Crippen LogP contribution in [0.15, 0.2) is 97.1 Å². The van der Waals surface area contributed by atoms with E-state index < -0.39 is 17.6 Å². The molecule has 1 saturated heterocycles. The van der Waals surface area contributed by atoms with E-state index in [0.29, 0.717) is 53.6 Å². The highest BCUT2D eigenvalue weighted by atomic mass is 19.4. The zero-order valence-electron chi connectivity index (χ0n) is 24.5. The van der Waals surface area contributed by atoms with Gasteiger partial charge in [0, 0.05) is 36.2 Å². The van der Waals surface area contributed by atoms with Crippen molar-refractivity contribution in [2.24, 2.45) is 0 Å². The number of nitrogens with one attached hydrogen (secondary N) is 2. The molecular weight excluding hydrogens is 581 g/mol. The Labute approximate surface area is 259 Å². The summed E-state index contributed by atoms with van der Waals surface area (Å²) in [5, 5.41) is 5.75. The zero-order valence-corrected chi connectivity index (χ0v) is 24.5. The Morgan fingerprint density at radius 2 is 1.49 bits per heavy atom. The summed E-state index contributed by atoms with van der Waals surface area (Å²) in [6.07, 6.45) is -0.605. The van der Waals surface area contributed by atoms with E-state index >= 15 is 0 Å². The van der Waals surface area contributed by atoms with E-state index in [1.165, 1.54) is 17.7 Å². The molecule has 45 heavy (non-hydrogen) atoms. The van der Waals surface area contributed by atoms with Crippen LogP contribution < -0.4 is 10.6 Å². The molecule has 9 heteroatoms. The molecule has 2 N–H and O–H groups in total. The predicted octanol–water partition coefficient (Wildman–Crippen LogP) is 7.96. The highest BCUT2D eigenvalue weighted by molar-refractivity contribution is 6.09. The molecule has 1 aliphatic carbocycles. The number of ether oxygens (including phenoxy) is 2. The molecule has 6 rings (SSSR count). The highest BCUT2D eigenvalue weighted by Crippen LogP contribution is 2.42. The Balaban J connectivity index is 1.05. The van der Waals surface area contributed by atoms with Crippen molar-refractivity contribution in [2.75, 3.05) is 18.5 Å². The van der Waals surface area contributed by atoms with Crippen molar-refractivity contribution >= 4 is 17.5 Å². The molecular formula is C36H33F3N2O4. The van der Waals surface area contributed by atoms with Crippen molar-refractivity contribution in [3.63, 3.8) is 0 Å². The smallest absolute Gasteiger partial charge is 0.348 e. The van der Waals surface area contributed by atoms with Gasteiger partial charge in [-0.2, -0.15) is 13.2 Å². The maximum absolute atomic E-state index is 13.2. The average Bonchev–Trinajstić information content (AvgIpc) is 3.51. The third kappa shape index (κ3) is 7.10. The van der Waals surface area contributed by atoms with Crippen LogP contribution in [0.2, 0.25) is 0 Å². The first-order chi connectivity index (χ1) is 21.7. The predicted molar refractivity (Wildman–Crippen MR) is 165 cm³/mol. The molecule has 2 fully saturated rings. The number of carbonyl (C=O) groups excluding carboxylic acids is 2. The Bertz CT molecular complexity index is 1650. The van der Waals surface area contributed by atoms with E-state index in [-0.39, 0.29) is 11.7 Å². The van der Waals surface area contributed by atoms with E-state index in [0.717, 1.165) is 43.4 Å². The molecule has 0 aromatic heterocycles. The van der Waals surface area contributed by atoms with Crippen LogP contribution in [0.3, 0.4) is 0 Å². The van der Waals surface area contributed by atoms with Crippen LogP contribution in [-0.4, -0.2) is 30.8 Å². The van der Waals surface area contributed by atoms with Gasteiger partial charge in [-0.1, -0.05) is 60.7 Å². The molecule has 2 aliphatic rings. The Morgan fingerprint density at radius 3 is 2.18 bits per heavy atom. The second-order valence-electron chi connectivity index (χ2n) is 11.5. The summed E-state index contributed by atoms with van der Waals surface area (Å²) in [7, 11) is 0. The van der Waals surface area contributed by atoms with E-state index in [1.54, 1.807) is 48.5 Å². The fourth-order valence-corrected chi connectivity index (χ4v) is 6.08. The minimum Gasteiger partial charge on any atom is -0.348 e. The van der Waals surface area contributed by atoms with Crippen molar-refractivity contribution in [1.29, 1.82) is 0 Å². The van der Waals surface area contributed by atoms with Crippen molar-refractivity contribution in [3.8, 4) is 11.1 Å². The Hall–Kier alpha value is -4.47. The normalized spacial score (nSPS) is 16.4. The lowest BCUT2D eigenvalue weighted by molar-refractivity contribution is -0.178. The summed E-state index contributed by atoms with van der Waals surface area (Å²) in [5.74, 6) is -0.637. The van der Waals surface area contributed by atoms with Gasteiger partial charge in [0.2, 0.25) is 0 Å². The topological polar surface area (TPSA) is 76.7 Å². The van der Waals surface area contributed by atoms with Crippen molar-refractivity contribution in [2.45, 2.75) is 50.1 Å². The fraction of sp³-hybridized carbons (Fsp3) is 0.278. The van der Waals surface area contributed by atoms with Crippen LogP contribution in [0.1, 0.15) is 69.0 Å². The second-order valence-corrected chi connectivity index (χ2v) is 11.5. The first-order valence-electron chi connectivity index (χ1n) is 15.0. The number of hydrogen-bond donors (Lipinski definition) is 2. The second kappa shape index (κ2) is 12.9. The monoisotopic (exact) mass is 614 g/mol. The van der Waals surface area contributed by atoms with Crippen LogP contribution in [0, 0.1) is 0 Å². The van der Waals surface area contributed by atoms with Gasteiger partial charge in [0.1, 0.15) is 0 Å². The molecule has 0 radical (unpaired) electrons. The van der Waals surface area contributed by atoms with E-state index in [1.807, 2.05) is 12.1 Å². The first-order valence-corrected chi connectivity index (χ1v) is 15.0. The summed E-state index contributed by atoms with van der Waals surface area (Å²) in [6, 6.07) is 26.3. The van der Waals surface area contributed by atoms with Crippen molar-refractivity contribution < 1.29 is 32.2 Å². The lowest BCUT2D eigenvalue weighted by Crippen LogP contribution is -2.34. The summed E-state index contributed by atoms with van der Waals surface area (Å²) >= 11 is 0. The molecule has 6 nitrogen and oxygen atoms in total. The SMILES string of the molecule is O=C(NCc1ccc(C2CCC3(CC2)OCCO3)cc1)c1cccc(NC(=O)c2ccccc2-c2ccc(C(F)(F)F)cc2)c1. The maximum atomic E-state index is 13.2. The summed E-state index contributed by atoms with van der Waals surface area (Å²) in [5.41, 5.74) is 3.57. The third-order valence-electron chi connectivity index (χ3n) is 8.54. The molecule has 1 aliphatic heterocycles. The maximum Gasteiger partial charge on any atom is 0.416 e. The molecule has 0 unspecified atom stereocenters. The first kappa shape index (κ1) is 30.6. The summed E-state index contributed by atoms with van der Waals surface area (Å²) in [6.45, 7) is 1.70. The molecule has 0 atom stereocenters. The molecule has 1 spiro atoms. The van der Waals surface area contributed by atoms with Crippen LogP contribution in [-0.2, 0) is 22.2 Å². The number of alkyl halides is 3. The van der Waals surface area contributed by atoms with Gasteiger partial charge in [0.05, 0.1) is 18.8 Å². The highest BCUT2D eigenvalue weighted by Gasteiger charge is 2.40. The lowest BCUT2D eigenvalue weighted by Gasteiger charge is -2.35. The molecule has 1 saturated carbocycles. The Kier molecular flexibility index (Phi) is 8.74. The Morgan fingerprint density at radius 1 is 0.800 bits per heavy atom. The van der Waals surface area contributed by atoms with Crippen LogP contribution in [0.4, 0.5) is 18.9 Å². The van der Waals surface area contributed by atoms with Crippen molar-refractivity contribution in [3.05, 3.63) is 125 Å². The molecule has 1 heterocycles. The standard InChI is InChI=1S/C36H33F3N2O4/c37-36(38,39)29-14-12-27(13-15-29)31-6-1-2-7-32(31)34(43)41-30-5-3-4-28(22-30)33(42)40-23-24-8-10-25(11-9-24)26-16-18-35(19-17-26)44-20-21-45-35/h1-15,22,26H,16-21,23H2,(H,40,42)(H,41,43). The van der Waals surface area contributed by atoms with E-state index in [2.05, 4.69) is 22.8 Å². The van der Waals surface area contributed by atoms with Crippen LogP contribution in [0.5, 0.6) is 0 Å². The van der Waals surface area contributed by atoms with Crippen molar-refractivity contribution in [1.82, 2.24) is 5.32 Å². The largest absolute Gasteiger partial charge is 0.416 e. The minimum absolute atomic E-state index is 0.283. The number of anilines is 1. The zero-order chi connectivity index (χ0) is 31.4. The van der Waals surface area contributed by atoms with E-state index in [9.17, 15) is 22.8 Å². The van der Waals surface area contributed by atoms with Gasteiger partial charge in [-0.05, 0) is 77.4 Å². The van der Waals surface area contributed by atoms with Gasteiger partial charge in [-0.3, -0.25) is 9.59 Å². The number of halogens is 3. The van der Waals surface area contributed by atoms with Gasteiger partial charge in [0.15, 0.2) is 5.79 Å². The van der Waals surface area contributed by atoms with Gasteiger partial charge >= 0.3 is 6.18 Å². The molecule has 4 aromatic carbocycles. The number of carbonyl (C=O) groups is 2. The van der Waals surface area contributed by atoms with Gasteiger partial charge in [-0.15, -0.1) is 0 Å². The van der Waals surface area contributed by atoms with Gasteiger partial charge < -0.3 is 20.1 Å². The number of rotatable bonds is 7. The third-order valence-corrected chi connectivity index (χ3v) is 8.54. The molecule has 2 amide bonds. The molecule has 0 bridgehead atoms. The number of benzene rings is 4. The van der Waals surface area contributed by atoms with Crippen LogP contribution >= 0.6 is 0 Å². The lowest BCUT2D eigenvalue weighted by atomic mass is 9.81. The average molecular weight is 615 g/mol. The number of hydrogen-bond acceptors (Lipinski definition) is 4. The quantitative estimate of drug-likeness (QED) is 0.222. The summed E-state index contributed by atoms with van der Waals surface area (Å²) in [4.78, 5) is 26.2. The fourth-order valence-electron chi connectivity index (χ4n) is 6.08. The molecule has 232 valence electrons. The number of amides is 2. The minimum atomic E-state index is -4.45. The molecule has 4 aromatic rings. The van der Waals surface area contributed by atoms with E-state index in [4.69, 9.17) is 9.47 Å². The van der Waals surface area contributed by atoms with Gasteiger partial charge in [0.25, 0.3) is 11.8 Å². The van der Waals surface area contributed by atoms with Gasteiger partial charge in [-0.25, -0.2) is 0 Å².